The van der Waals surface area contributed by atoms with Gasteiger partial charge in [0.05, 0.1) is 23.7 Å². The van der Waals surface area contributed by atoms with E-state index < -0.39 is 60.7 Å². The third kappa shape index (κ3) is 11.6. The molecule has 14 heteroatoms. The van der Waals surface area contributed by atoms with Crippen LogP contribution >= 0.6 is 0 Å². The molecule has 0 bridgehead atoms. The summed E-state index contributed by atoms with van der Waals surface area (Å²) in [5.41, 5.74) is 1.35. The van der Waals surface area contributed by atoms with Crippen molar-refractivity contribution in [1.29, 1.82) is 0 Å². The van der Waals surface area contributed by atoms with Crippen molar-refractivity contribution in [3.63, 3.8) is 0 Å². The molecule has 0 fully saturated rings. The average Bonchev–Trinajstić information content (AvgIpc) is 2.98. The Hall–Kier alpha value is -4.30. The van der Waals surface area contributed by atoms with Crippen LogP contribution in [0.15, 0.2) is 48.5 Å². The van der Waals surface area contributed by atoms with Crippen LogP contribution in [0.2, 0.25) is 0 Å². The number of carbonyl (C=O) groups excluding carboxylic acids is 5. The molecule has 0 radical (unpaired) electrons. The van der Waals surface area contributed by atoms with Gasteiger partial charge >= 0.3 is 7.12 Å². The summed E-state index contributed by atoms with van der Waals surface area (Å²) in [7, 11) is 4.18. The van der Waals surface area contributed by atoms with E-state index in [2.05, 4.69) is 15.6 Å². The van der Waals surface area contributed by atoms with Crippen LogP contribution in [-0.4, -0.2) is 108 Å². The Bertz CT molecular complexity index is 1300. The van der Waals surface area contributed by atoms with E-state index in [1.54, 1.807) is 12.1 Å². The van der Waals surface area contributed by atoms with Crippen molar-refractivity contribution in [2.45, 2.75) is 58.1 Å². The van der Waals surface area contributed by atoms with Gasteiger partial charge in [0.2, 0.25) is 17.7 Å². The molecular weight excluding hydrogens is 581 g/mol. The molecule has 0 saturated heterocycles. The highest BCUT2D eigenvalue weighted by Crippen LogP contribution is 2.18. The van der Waals surface area contributed by atoms with Gasteiger partial charge in [0.15, 0.2) is 0 Å². The van der Waals surface area contributed by atoms with Crippen molar-refractivity contribution in [1.82, 2.24) is 25.4 Å². The van der Waals surface area contributed by atoms with Gasteiger partial charge in [-0.25, -0.2) is 4.98 Å². The Morgan fingerprint density at radius 3 is 1.96 bits per heavy atom. The van der Waals surface area contributed by atoms with Crippen LogP contribution in [0.1, 0.15) is 50.5 Å². The molecule has 2 aromatic rings. The normalized spacial score (nSPS) is 13.0. The predicted molar refractivity (Wildman–Crippen MR) is 168 cm³/mol. The van der Waals surface area contributed by atoms with Gasteiger partial charge in [0.1, 0.15) is 11.7 Å². The lowest BCUT2D eigenvalue weighted by molar-refractivity contribution is -0.147. The Balaban J connectivity index is 2.20. The quantitative estimate of drug-likeness (QED) is 0.209. The summed E-state index contributed by atoms with van der Waals surface area (Å²) in [5, 5.41) is 26.4. The standard InChI is InChI=1S/C31H44BN5O8/c1-19(2)16-25(32(44)45-31(43)22(17-26(39)36(4)5)18-27(40)37(6)7)34-30(42)28(20(3)38)35-29(41)24-15-11-14-23(33-24)21-12-9-8-10-13-21/h8-15,19-20,22,25,28,38,44H,16-18H2,1-7H3,(H,34,42)(H,35,41)/t20-,25+,28+/m1/s1. The van der Waals surface area contributed by atoms with E-state index in [0.29, 0.717) is 5.69 Å². The summed E-state index contributed by atoms with van der Waals surface area (Å²) in [6.07, 6.45) is -1.84. The third-order valence-electron chi connectivity index (χ3n) is 6.91. The molecule has 0 saturated carbocycles. The second kappa shape index (κ2) is 17.3. The first-order valence-corrected chi connectivity index (χ1v) is 14.7. The minimum Gasteiger partial charge on any atom is -0.508 e. The number of benzene rings is 1. The zero-order valence-electron chi connectivity index (χ0n) is 26.9. The van der Waals surface area contributed by atoms with Gasteiger partial charge in [-0.1, -0.05) is 50.2 Å². The molecule has 3 atom stereocenters. The second-order valence-corrected chi connectivity index (χ2v) is 11.7. The molecule has 2 rings (SSSR count). The average molecular weight is 626 g/mol. The van der Waals surface area contributed by atoms with Gasteiger partial charge < -0.3 is 35.2 Å². The molecule has 0 aliphatic heterocycles. The first kappa shape index (κ1) is 36.9. The van der Waals surface area contributed by atoms with E-state index in [0.717, 1.165) is 5.56 Å². The van der Waals surface area contributed by atoms with Crippen LogP contribution in [-0.2, 0) is 23.8 Å². The van der Waals surface area contributed by atoms with Crippen LogP contribution in [0.4, 0.5) is 0 Å². The topological polar surface area (TPSA) is 178 Å². The maximum atomic E-state index is 13.3. The molecule has 4 N–H and O–H groups in total. The number of nitrogens with zero attached hydrogens (tertiary/aromatic N) is 3. The van der Waals surface area contributed by atoms with Crippen LogP contribution in [0.3, 0.4) is 0 Å². The fourth-order valence-corrected chi connectivity index (χ4v) is 4.30. The molecule has 1 aromatic carbocycles. The molecule has 4 amide bonds. The second-order valence-electron chi connectivity index (χ2n) is 11.7. The Labute approximate surface area is 264 Å². The molecule has 45 heavy (non-hydrogen) atoms. The molecule has 0 spiro atoms. The number of carbonyl (C=O) groups is 5. The van der Waals surface area contributed by atoms with Crippen LogP contribution in [0.25, 0.3) is 11.3 Å². The highest BCUT2D eigenvalue weighted by molar-refractivity contribution is 6.47. The molecule has 1 heterocycles. The first-order valence-electron chi connectivity index (χ1n) is 14.7. The van der Waals surface area contributed by atoms with Gasteiger partial charge in [0, 0.05) is 46.6 Å². The molecule has 0 unspecified atom stereocenters. The van der Waals surface area contributed by atoms with E-state index in [1.807, 2.05) is 44.2 Å². The maximum absolute atomic E-state index is 13.3. The smallest absolute Gasteiger partial charge is 0.508 e. The lowest BCUT2D eigenvalue weighted by Gasteiger charge is -2.27. The van der Waals surface area contributed by atoms with Gasteiger partial charge in [0.25, 0.3) is 11.9 Å². The zero-order chi connectivity index (χ0) is 33.8. The number of pyridine rings is 1. The highest BCUT2D eigenvalue weighted by Gasteiger charge is 2.38. The van der Waals surface area contributed by atoms with E-state index in [9.17, 15) is 34.1 Å². The van der Waals surface area contributed by atoms with Crippen LogP contribution < -0.4 is 10.6 Å². The molecule has 244 valence electrons. The van der Waals surface area contributed by atoms with Crippen LogP contribution in [0, 0.1) is 11.8 Å². The van der Waals surface area contributed by atoms with E-state index >= 15 is 0 Å². The SMILES string of the molecule is CC(C)C[C@H](NC(=O)[C@@H](NC(=O)c1cccc(-c2ccccc2)n1)[C@@H](C)O)B(O)OC(=O)C(CC(=O)N(C)C)CC(=O)N(C)C. The van der Waals surface area contributed by atoms with Crippen molar-refractivity contribution in [2.24, 2.45) is 11.8 Å². The summed E-state index contributed by atoms with van der Waals surface area (Å²) < 4.78 is 5.28. The van der Waals surface area contributed by atoms with Crippen molar-refractivity contribution in [3.8, 4) is 11.3 Å². The summed E-state index contributed by atoms with van der Waals surface area (Å²) >= 11 is 0. The van der Waals surface area contributed by atoms with Gasteiger partial charge in [-0.15, -0.1) is 0 Å². The number of rotatable bonds is 15. The monoisotopic (exact) mass is 625 g/mol. The Kier molecular flexibility index (Phi) is 14.2. The fraction of sp³-hybridized carbons (Fsp3) is 0.484. The minimum absolute atomic E-state index is 0.0214. The number of aromatic nitrogens is 1. The number of aliphatic hydroxyl groups excluding tert-OH is 1. The minimum atomic E-state index is -1.86. The number of hydrogen-bond donors (Lipinski definition) is 4. The molecule has 0 aliphatic carbocycles. The molecular formula is C31H44BN5O8. The largest absolute Gasteiger partial charge is 0.548 e. The summed E-state index contributed by atoms with van der Waals surface area (Å²) in [4.78, 5) is 71.1. The lowest BCUT2D eigenvalue weighted by Crippen LogP contribution is -2.58. The van der Waals surface area contributed by atoms with Crippen molar-refractivity contribution in [3.05, 3.63) is 54.2 Å². The van der Waals surface area contributed by atoms with Gasteiger partial charge in [-0.2, -0.15) is 0 Å². The highest BCUT2D eigenvalue weighted by atomic mass is 16.6. The summed E-state index contributed by atoms with van der Waals surface area (Å²) in [6, 6.07) is 12.6. The maximum Gasteiger partial charge on any atom is 0.548 e. The van der Waals surface area contributed by atoms with Crippen molar-refractivity contribution < 1.29 is 38.8 Å². The van der Waals surface area contributed by atoms with Gasteiger partial charge in [-0.3, -0.25) is 24.0 Å². The van der Waals surface area contributed by atoms with Crippen LogP contribution in [0.5, 0.6) is 0 Å². The molecule has 13 nitrogen and oxygen atoms in total. The number of amides is 4. The third-order valence-corrected chi connectivity index (χ3v) is 6.91. The number of aliphatic hydroxyl groups is 1. The first-order chi connectivity index (χ1) is 21.1. The number of hydrogen-bond acceptors (Lipinski definition) is 9. The van der Waals surface area contributed by atoms with E-state index in [1.165, 1.54) is 51.0 Å². The van der Waals surface area contributed by atoms with Crippen molar-refractivity contribution in [2.75, 3.05) is 28.2 Å². The molecule has 1 aromatic heterocycles. The Morgan fingerprint density at radius 1 is 0.867 bits per heavy atom. The number of nitrogens with one attached hydrogen (secondary N) is 2. The zero-order valence-corrected chi connectivity index (χ0v) is 26.9. The lowest BCUT2D eigenvalue weighted by atomic mass is 9.74. The van der Waals surface area contributed by atoms with E-state index in [4.69, 9.17) is 4.65 Å². The summed E-state index contributed by atoms with van der Waals surface area (Å²) in [6.45, 7) is 4.96. The summed E-state index contributed by atoms with van der Waals surface area (Å²) in [5.74, 6) is -5.76. The van der Waals surface area contributed by atoms with Gasteiger partial charge in [-0.05, 0) is 31.4 Å². The van der Waals surface area contributed by atoms with Crippen molar-refractivity contribution >= 4 is 36.7 Å². The van der Waals surface area contributed by atoms with E-state index in [-0.39, 0.29) is 30.9 Å². The Morgan fingerprint density at radius 2 is 1.44 bits per heavy atom. The molecule has 0 aliphatic rings. The predicted octanol–water partition coefficient (Wildman–Crippen LogP) is 0.894. The fourth-order valence-electron chi connectivity index (χ4n) is 4.30.